The Morgan fingerprint density at radius 2 is 1.85 bits per heavy atom. The lowest BCUT2D eigenvalue weighted by Crippen LogP contribution is -2.27. The first-order valence-electron chi connectivity index (χ1n) is 8.22. The number of nitrogens with one attached hydrogen (secondary N) is 1. The van der Waals surface area contributed by atoms with Crippen LogP contribution in [0.5, 0.6) is 0 Å². The first-order valence-corrected chi connectivity index (χ1v) is 9.58. The van der Waals surface area contributed by atoms with Gasteiger partial charge in [-0.25, -0.2) is 0 Å². The van der Waals surface area contributed by atoms with Gasteiger partial charge < -0.3 is 9.88 Å². The summed E-state index contributed by atoms with van der Waals surface area (Å²) in [6.45, 7) is 0.623. The first-order chi connectivity index (χ1) is 12.6. The van der Waals surface area contributed by atoms with E-state index in [4.69, 9.17) is 11.6 Å². The maximum absolute atomic E-state index is 12.0. The molecule has 1 heterocycles. The summed E-state index contributed by atoms with van der Waals surface area (Å²) in [6, 6.07) is 17.5. The molecule has 0 atom stereocenters. The van der Waals surface area contributed by atoms with E-state index in [2.05, 4.69) is 27.6 Å². The van der Waals surface area contributed by atoms with Gasteiger partial charge in [-0.2, -0.15) is 0 Å². The average molecular weight is 387 g/mol. The molecular formula is C19H19ClN4OS. The number of hydrogen-bond acceptors (Lipinski definition) is 4. The number of rotatable bonds is 7. The van der Waals surface area contributed by atoms with Crippen LogP contribution in [0, 0.1) is 0 Å². The van der Waals surface area contributed by atoms with E-state index in [1.54, 1.807) is 0 Å². The summed E-state index contributed by atoms with van der Waals surface area (Å²) in [4.78, 5) is 12.0. The summed E-state index contributed by atoms with van der Waals surface area (Å²) in [5.74, 6) is 1.04. The molecule has 1 N–H and O–H groups in total. The van der Waals surface area contributed by atoms with Crippen molar-refractivity contribution in [3.63, 3.8) is 0 Å². The summed E-state index contributed by atoms with van der Waals surface area (Å²) in [5, 5.41) is 12.7. The smallest absolute Gasteiger partial charge is 0.230 e. The lowest BCUT2D eigenvalue weighted by molar-refractivity contribution is -0.118. The topological polar surface area (TPSA) is 59.8 Å². The van der Waals surface area contributed by atoms with Crippen molar-refractivity contribution in [2.24, 2.45) is 7.05 Å². The molecule has 3 rings (SSSR count). The van der Waals surface area contributed by atoms with Crippen LogP contribution in [-0.2, 0) is 18.3 Å². The second kappa shape index (κ2) is 8.87. The Kier molecular flexibility index (Phi) is 6.30. The highest BCUT2D eigenvalue weighted by Gasteiger charge is 2.12. The fourth-order valence-electron chi connectivity index (χ4n) is 2.46. The maximum Gasteiger partial charge on any atom is 0.230 e. The molecule has 2 aromatic carbocycles. The number of aromatic nitrogens is 3. The van der Waals surface area contributed by atoms with Crippen LogP contribution in [0.2, 0.25) is 5.02 Å². The van der Waals surface area contributed by atoms with Gasteiger partial charge in [-0.05, 0) is 36.2 Å². The molecule has 0 saturated heterocycles. The van der Waals surface area contributed by atoms with Gasteiger partial charge in [0, 0.05) is 24.2 Å². The van der Waals surface area contributed by atoms with Gasteiger partial charge >= 0.3 is 0 Å². The Hall–Kier alpha value is -2.31. The highest BCUT2D eigenvalue weighted by molar-refractivity contribution is 7.99. The molecule has 0 spiro atoms. The Bertz CT molecular complexity index is 865. The van der Waals surface area contributed by atoms with E-state index >= 15 is 0 Å². The third-order valence-electron chi connectivity index (χ3n) is 3.85. The molecule has 3 aromatic rings. The number of carbonyl (C=O) groups excluding carboxylic acids is 1. The second-order valence-electron chi connectivity index (χ2n) is 5.75. The monoisotopic (exact) mass is 386 g/mol. The molecule has 0 fully saturated rings. The Labute approximate surface area is 161 Å². The van der Waals surface area contributed by atoms with Gasteiger partial charge in [0.15, 0.2) is 11.0 Å². The van der Waals surface area contributed by atoms with E-state index in [0.29, 0.717) is 22.5 Å². The third kappa shape index (κ3) is 4.86. The van der Waals surface area contributed by atoms with E-state index < -0.39 is 0 Å². The van der Waals surface area contributed by atoms with Crippen molar-refractivity contribution >= 4 is 29.3 Å². The van der Waals surface area contributed by atoms with E-state index in [9.17, 15) is 4.79 Å². The van der Waals surface area contributed by atoms with Gasteiger partial charge in [0.05, 0.1) is 5.75 Å². The van der Waals surface area contributed by atoms with Crippen LogP contribution >= 0.6 is 23.4 Å². The third-order valence-corrected chi connectivity index (χ3v) is 5.12. The zero-order chi connectivity index (χ0) is 18.4. The zero-order valence-corrected chi connectivity index (χ0v) is 15.9. The summed E-state index contributed by atoms with van der Waals surface area (Å²) in [7, 11) is 1.89. The van der Waals surface area contributed by atoms with Crippen LogP contribution in [0.1, 0.15) is 5.56 Å². The number of benzene rings is 2. The summed E-state index contributed by atoms with van der Waals surface area (Å²) >= 11 is 7.29. The lowest BCUT2D eigenvalue weighted by atomic mass is 10.1. The van der Waals surface area contributed by atoms with Gasteiger partial charge in [0.1, 0.15) is 0 Å². The minimum absolute atomic E-state index is 0.0121. The molecule has 0 bridgehead atoms. The fourth-order valence-corrected chi connectivity index (χ4v) is 3.33. The van der Waals surface area contributed by atoms with E-state index in [1.165, 1.54) is 17.3 Å². The molecule has 1 aromatic heterocycles. The molecule has 134 valence electrons. The quantitative estimate of drug-likeness (QED) is 0.630. The molecule has 0 aliphatic rings. The van der Waals surface area contributed by atoms with Gasteiger partial charge in [0.25, 0.3) is 0 Å². The second-order valence-corrected chi connectivity index (χ2v) is 7.13. The van der Waals surface area contributed by atoms with E-state index in [0.717, 1.165) is 17.8 Å². The molecule has 0 aliphatic carbocycles. The number of halogens is 1. The van der Waals surface area contributed by atoms with Crippen molar-refractivity contribution in [2.45, 2.75) is 11.6 Å². The highest BCUT2D eigenvalue weighted by Crippen LogP contribution is 2.23. The minimum Gasteiger partial charge on any atom is -0.355 e. The summed E-state index contributed by atoms with van der Waals surface area (Å²) in [5.41, 5.74) is 2.14. The highest BCUT2D eigenvalue weighted by atomic mass is 35.5. The number of hydrogen-bond donors (Lipinski definition) is 1. The Morgan fingerprint density at radius 3 is 2.58 bits per heavy atom. The SMILES string of the molecule is Cn1c(SCC(=O)NCCc2ccccc2)nnc1-c1ccc(Cl)cc1. The fraction of sp³-hybridized carbons (Fsp3) is 0.211. The van der Waals surface area contributed by atoms with Crippen LogP contribution in [0.4, 0.5) is 0 Å². The number of thioether (sulfide) groups is 1. The number of carbonyl (C=O) groups is 1. The summed E-state index contributed by atoms with van der Waals surface area (Å²) < 4.78 is 1.88. The number of nitrogens with zero attached hydrogens (tertiary/aromatic N) is 3. The van der Waals surface area contributed by atoms with E-state index in [-0.39, 0.29) is 5.91 Å². The predicted octanol–water partition coefficient (Wildman–Crippen LogP) is 3.59. The van der Waals surface area contributed by atoms with Crippen molar-refractivity contribution in [1.82, 2.24) is 20.1 Å². The van der Waals surface area contributed by atoms with Gasteiger partial charge in [-0.3, -0.25) is 4.79 Å². The van der Waals surface area contributed by atoms with Crippen molar-refractivity contribution in [3.05, 3.63) is 65.2 Å². The standard InChI is InChI=1S/C19H19ClN4OS/c1-24-18(15-7-9-16(20)10-8-15)22-23-19(24)26-13-17(25)21-12-11-14-5-3-2-4-6-14/h2-10H,11-13H2,1H3,(H,21,25). The largest absolute Gasteiger partial charge is 0.355 e. The Morgan fingerprint density at radius 1 is 1.12 bits per heavy atom. The summed E-state index contributed by atoms with van der Waals surface area (Å²) in [6.07, 6.45) is 0.821. The van der Waals surface area contributed by atoms with Gasteiger partial charge in [0.2, 0.25) is 5.91 Å². The molecule has 0 aliphatic heterocycles. The molecule has 5 nitrogen and oxygen atoms in total. The van der Waals surface area contributed by atoms with Crippen molar-refractivity contribution in [2.75, 3.05) is 12.3 Å². The van der Waals surface area contributed by atoms with Crippen LogP contribution in [0.3, 0.4) is 0 Å². The maximum atomic E-state index is 12.0. The Balaban J connectivity index is 1.50. The van der Waals surface area contributed by atoms with E-state index in [1.807, 2.05) is 54.1 Å². The van der Waals surface area contributed by atoms with Crippen molar-refractivity contribution in [1.29, 1.82) is 0 Å². The zero-order valence-electron chi connectivity index (χ0n) is 14.4. The molecule has 0 unspecified atom stereocenters. The molecule has 26 heavy (non-hydrogen) atoms. The average Bonchev–Trinajstić information content (AvgIpc) is 3.02. The minimum atomic E-state index is -0.0121. The van der Waals surface area contributed by atoms with Crippen LogP contribution in [0.25, 0.3) is 11.4 Å². The van der Waals surface area contributed by atoms with Gasteiger partial charge in [-0.15, -0.1) is 10.2 Å². The van der Waals surface area contributed by atoms with Crippen LogP contribution < -0.4 is 5.32 Å². The molecule has 1 amide bonds. The van der Waals surface area contributed by atoms with Crippen LogP contribution in [0.15, 0.2) is 59.8 Å². The van der Waals surface area contributed by atoms with Crippen molar-refractivity contribution in [3.8, 4) is 11.4 Å². The van der Waals surface area contributed by atoms with Gasteiger partial charge in [-0.1, -0.05) is 53.7 Å². The molecule has 7 heteroatoms. The van der Waals surface area contributed by atoms with Crippen molar-refractivity contribution < 1.29 is 4.79 Å². The molecule has 0 saturated carbocycles. The molecular weight excluding hydrogens is 368 g/mol. The number of amides is 1. The molecule has 0 radical (unpaired) electrons. The van der Waals surface area contributed by atoms with Crippen LogP contribution in [-0.4, -0.2) is 33.0 Å². The lowest BCUT2D eigenvalue weighted by Gasteiger charge is -2.06. The first kappa shape index (κ1) is 18.5. The predicted molar refractivity (Wildman–Crippen MR) is 105 cm³/mol. The normalized spacial score (nSPS) is 10.7.